The van der Waals surface area contributed by atoms with Gasteiger partial charge < -0.3 is 35.2 Å². The van der Waals surface area contributed by atoms with Gasteiger partial charge in [0.05, 0.1) is 25.4 Å². The molecule has 1 fully saturated rings. The van der Waals surface area contributed by atoms with Crippen LogP contribution in [0, 0.1) is 0 Å². The Kier molecular flexibility index (Phi) is 40.7. The van der Waals surface area contributed by atoms with Gasteiger partial charge in [0.1, 0.15) is 24.4 Å². The van der Waals surface area contributed by atoms with Crippen LogP contribution in [-0.4, -0.2) is 87.7 Å². The summed E-state index contributed by atoms with van der Waals surface area (Å²) in [5.41, 5.74) is 0. The van der Waals surface area contributed by atoms with Crippen molar-refractivity contribution in [3.63, 3.8) is 0 Å². The van der Waals surface area contributed by atoms with Crippen molar-refractivity contribution in [2.45, 2.75) is 262 Å². The summed E-state index contributed by atoms with van der Waals surface area (Å²) in [7, 11) is 0. The van der Waals surface area contributed by atoms with Crippen LogP contribution in [0.2, 0.25) is 0 Å². The number of carbonyl (C=O) groups excluding carboxylic acids is 1. The molecule has 13 heteroatoms. The number of rotatable bonds is 44. The van der Waals surface area contributed by atoms with Crippen LogP contribution >= 0.6 is 12.3 Å². The maximum Gasteiger partial charge on any atom is 0.220 e. The van der Waals surface area contributed by atoms with E-state index in [1.165, 1.54) is 154 Å². The monoisotopic (exact) mass is 890 g/mol. The van der Waals surface area contributed by atoms with Crippen LogP contribution in [0.25, 0.3) is 0 Å². The fraction of sp³-hybridized carbons (Fsp3) is 0.896. The second-order valence-electron chi connectivity index (χ2n) is 17.2. The van der Waals surface area contributed by atoms with Gasteiger partial charge in [-0.1, -0.05) is 197 Å². The first-order valence-corrected chi connectivity index (χ1v) is 25.4. The van der Waals surface area contributed by atoms with Gasteiger partial charge in [0.25, 0.3) is 0 Å². The minimum Gasteiger partial charge on any atom is -0.394 e. The molecule has 0 radical (unpaired) electrons. The van der Waals surface area contributed by atoms with Crippen molar-refractivity contribution in [3.05, 3.63) is 24.3 Å². The molecule has 61 heavy (non-hydrogen) atoms. The maximum absolute atomic E-state index is 13.1. The Morgan fingerprint density at radius 3 is 1.56 bits per heavy atom. The van der Waals surface area contributed by atoms with Gasteiger partial charge in [0, 0.05) is 6.42 Å². The zero-order valence-electron chi connectivity index (χ0n) is 38.5. The Bertz CT molecular complexity index is 1020. The van der Waals surface area contributed by atoms with Gasteiger partial charge in [-0.2, -0.15) is 0 Å². The summed E-state index contributed by atoms with van der Waals surface area (Å²) in [6.07, 6.45) is 39.0. The fourth-order valence-electron chi connectivity index (χ4n) is 7.79. The highest BCUT2D eigenvalue weighted by atomic mass is 32.2. The summed E-state index contributed by atoms with van der Waals surface area (Å²) in [6.45, 7) is 3.69. The Hall–Kier alpha value is -1.10. The topological polar surface area (TPSA) is 176 Å². The van der Waals surface area contributed by atoms with Gasteiger partial charge >= 0.3 is 0 Å². The van der Waals surface area contributed by atoms with E-state index in [9.17, 15) is 25.2 Å². The third-order valence-corrected chi connectivity index (χ3v) is 12.1. The largest absolute Gasteiger partial charge is 0.394 e. The zero-order chi connectivity index (χ0) is 44.4. The molecule has 6 N–H and O–H groups in total. The number of amides is 1. The Balaban J connectivity index is 2.42. The number of unbranched alkanes of at least 4 members (excludes halogenated alkanes) is 28. The first-order chi connectivity index (χ1) is 29.9. The molecule has 1 amide bonds. The Labute approximate surface area is 375 Å². The van der Waals surface area contributed by atoms with Crippen molar-refractivity contribution in [2.75, 3.05) is 13.2 Å². The van der Waals surface area contributed by atoms with Gasteiger partial charge in [0.2, 0.25) is 5.91 Å². The summed E-state index contributed by atoms with van der Waals surface area (Å²) in [4.78, 5) is 13.1. The molecule has 1 aliphatic rings. The minimum atomic E-state index is -1.55. The molecule has 0 saturated carbocycles. The SMILES string of the molecule is CCCCCCCCCC/C=C\CCCCCCCCCCCC(=O)N[C@@H](COC1OC(CO)C(O)C(OSOOO)C1O)[C@H](O)/C=C/CCCCCCCCCCCCC. The molecule has 1 aliphatic heterocycles. The maximum atomic E-state index is 13.1. The van der Waals surface area contributed by atoms with Gasteiger partial charge in [-0.05, 0) is 44.9 Å². The lowest BCUT2D eigenvalue weighted by Crippen LogP contribution is -2.60. The van der Waals surface area contributed by atoms with Crippen LogP contribution in [0.15, 0.2) is 24.3 Å². The smallest absolute Gasteiger partial charge is 0.220 e. The molecular formula is C48H91NO11S. The van der Waals surface area contributed by atoms with Crippen LogP contribution in [0.3, 0.4) is 0 Å². The molecule has 7 atom stereocenters. The van der Waals surface area contributed by atoms with Crippen LogP contribution in [0.1, 0.15) is 219 Å². The predicted molar refractivity (Wildman–Crippen MR) is 246 cm³/mol. The van der Waals surface area contributed by atoms with Crippen molar-refractivity contribution in [3.8, 4) is 0 Å². The van der Waals surface area contributed by atoms with E-state index in [0.29, 0.717) is 6.42 Å². The molecule has 0 aromatic carbocycles. The van der Waals surface area contributed by atoms with Crippen LogP contribution in [-0.2, 0) is 27.8 Å². The summed E-state index contributed by atoms with van der Waals surface area (Å²) >= 11 is 0.171. The van der Waals surface area contributed by atoms with Crippen molar-refractivity contribution in [1.29, 1.82) is 0 Å². The van der Waals surface area contributed by atoms with Crippen molar-refractivity contribution in [1.82, 2.24) is 5.32 Å². The van der Waals surface area contributed by atoms with E-state index < -0.39 is 49.5 Å². The van der Waals surface area contributed by atoms with Crippen LogP contribution in [0.4, 0.5) is 0 Å². The fourth-order valence-corrected chi connectivity index (χ4v) is 8.17. The van der Waals surface area contributed by atoms with Crippen molar-refractivity contribution < 1.29 is 53.5 Å². The molecule has 5 unspecified atom stereocenters. The van der Waals surface area contributed by atoms with E-state index in [1.807, 2.05) is 6.08 Å². The second kappa shape index (κ2) is 42.8. The van der Waals surface area contributed by atoms with E-state index in [-0.39, 0.29) is 24.8 Å². The lowest BCUT2D eigenvalue weighted by Gasteiger charge is -2.41. The second-order valence-corrected chi connectivity index (χ2v) is 17.6. The number of hydrogen-bond acceptors (Lipinski definition) is 12. The number of ether oxygens (including phenoxy) is 2. The Morgan fingerprint density at radius 1 is 0.656 bits per heavy atom. The van der Waals surface area contributed by atoms with E-state index in [1.54, 1.807) is 6.08 Å². The van der Waals surface area contributed by atoms with E-state index in [0.717, 1.165) is 44.9 Å². The lowest BCUT2D eigenvalue weighted by atomic mass is 9.99. The molecule has 0 aromatic heterocycles. The summed E-state index contributed by atoms with van der Waals surface area (Å²) < 4.78 is 20.8. The van der Waals surface area contributed by atoms with E-state index >= 15 is 0 Å². The minimum absolute atomic E-state index is 0.171. The normalized spacial score (nSPS) is 20.5. The predicted octanol–water partition coefficient (Wildman–Crippen LogP) is 11.3. The number of allylic oxidation sites excluding steroid dienone is 3. The molecule has 1 saturated heterocycles. The molecule has 0 aromatic rings. The molecule has 1 heterocycles. The van der Waals surface area contributed by atoms with Crippen molar-refractivity contribution in [2.24, 2.45) is 0 Å². The summed E-state index contributed by atoms with van der Waals surface area (Å²) in [5, 5.41) is 57.1. The molecular weight excluding hydrogens is 799 g/mol. The van der Waals surface area contributed by atoms with Gasteiger partial charge in [-0.3, -0.25) is 8.98 Å². The highest BCUT2D eigenvalue weighted by molar-refractivity contribution is 7.89. The highest BCUT2D eigenvalue weighted by Gasteiger charge is 2.46. The quantitative estimate of drug-likeness (QED) is 0.0112. The molecule has 0 aliphatic carbocycles. The van der Waals surface area contributed by atoms with Crippen LogP contribution in [0.5, 0.6) is 0 Å². The molecule has 1 rings (SSSR count). The highest BCUT2D eigenvalue weighted by Crippen LogP contribution is 2.28. The zero-order valence-corrected chi connectivity index (χ0v) is 39.3. The number of carbonyl (C=O) groups is 1. The Morgan fingerprint density at radius 2 is 1.10 bits per heavy atom. The van der Waals surface area contributed by atoms with Crippen molar-refractivity contribution >= 4 is 18.2 Å². The summed E-state index contributed by atoms with van der Waals surface area (Å²) in [6, 6.07) is -0.846. The van der Waals surface area contributed by atoms with E-state index in [4.69, 9.17) is 18.9 Å². The summed E-state index contributed by atoms with van der Waals surface area (Å²) in [5.74, 6) is -0.203. The average Bonchev–Trinajstić information content (AvgIpc) is 3.26. The molecule has 12 nitrogen and oxygen atoms in total. The number of hydrogen-bond donors (Lipinski definition) is 6. The third-order valence-electron chi connectivity index (χ3n) is 11.7. The number of aliphatic hydroxyl groups excluding tert-OH is 4. The first-order valence-electron chi connectivity index (χ1n) is 24.7. The first kappa shape index (κ1) is 57.9. The van der Waals surface area contributed by atoms with Gasteiger partial charge in [-0.15, -0.1) is 4.33 Å². The van der Waals surface area contributed by atoms with Gasteiger partial charge in [0.15, 0.2) is 18.6 Å². The molecule has 360 valence electrons. The number of aliphatic hydroxyl groups is 4. The average molecular weight is 890 g/mol. The van der Waals surface area contributed by atoms with Crippen LogP contribution < -0.4 is 5.32 Å². The van der Waals surface area contributed by atoms with Gasteiger partial charge in [-0.25, -0.2) is 5.26 Å². The standard InChI is InChI=1S/C48H91NO11S/c1-3-5-7-9-11-13-15-17-18-19-20-21-22-23-24-26-28-30-32-34-36-38-44(52)49-41(42(51)37-35-33-31-29-27-25-16-14-12-10-8-6-4-2)40-56-48-46(54)47(58-61-60-59-55)45(53)43(39-50)57-48/h19-20,35,37,41-43,45-48,50-51,53-55H,3-18,21-34,36,38-40H2,1-2H3,(H,49,52)/b20-19-,37-35+/t41-,42+,43?,45?,46?,47?,48?/m0/s1. The molecule has 0 spiro atoms. The van der Waals surface area contributed by atoms with E-state index in [2.05, 4.69) is 40.7 Å². The number of nitrogens with one attached hydrogen (secondary N) is 1. The molecule has 0 bridgehead atoms. The lowest BCUT2D eigenvalue weighted by molar-refractivity contribution is -0.435. The third kappa shape index (κ3) is 32.2.